The van der Waals surface area contributed by atoms with E-state index in [4.69, 9.17) is 0 Å². The van der Waals surface area contributed by atoms with E-state index in [-0.39, 0.29) is 76.2 Å². The van der Waals surface area contributed by atoms with Crippen molar-refractivity contribution in [3.05, 3.63) is 422 Å². The van der Waals surface area contributed by atoms with Gasteiger partial charge in [-0.2, -0.15) is 132 Å². The van der Waals surface area contributed by atoms with Crippen molar-refractivity contribution in [3.63, 3.8) is 0 Å². The Bertz CT molecular complexity index is 3790. The maximum atomic E-state index is 4.20. The maximum Gasteiger partial charge on any atom is 0.0719 e. The summed E-state index contributed by atoms with van der Waals surface area (Å²) >= 11 is 0. The summed E-state index contributed by atoms with van der Waals surface area (Å²) < 4.78 is 0. The fourth-order valence-corrected chi connectivity index (χ4v) is 13.2. The van der Waals surface area contributed by atoms with Gasteiger partial charge in [0.25, 0.3) is 0 Å². The van der Waals surface area contributed by atoms with Crippen LogP contribution in [-0.4, -0.2) is 0 Å². The fourth-order valence-electron chi connectivity index (χ4n) is 13.2. The molecule has 106 heavy (non-hydrogen) atoms. The Balaban J connectivity index is 0. The van der Waals surface area contributed by atoms with Crippen molar-refractivity contribution in [1.82, 2.24) is 0 Å². The molecule has 0 heterocycles. The molecule has 556 valence electrons. The number of hydrogen-bond acceptors (Lipinski definition) is 0. The van der Waals surface area contributed by atoms with E-state index in [1.54, 1.807) is 0 Å². The molecule has 4 aliphatic carbocycles. The molecule has 12 aromatic rings. The fraction of sp³-hybridized carbons (Fsp3) is 0.288. The Morgan fingerprint density at radius 1 is 0.226 bits per heavy atom. The molecule has 0 saturated carbocycles. The summed E-state index contributed by atoms with van der Waals surface area (Å²) in [6.07, 6.45) is 3.93. The first-order valence-corrected chi connectivity index (χ1v) is 39.9. The van der Waals surface area contributed by atoms with Crippen molar-refractivity contribution in [2.75, 3.05) is 0 Å². The van der Waals surface area contributed by atoms with Crippen LogP contribution in [0.1, 0.15) is 266 Å². The standard InChI is InChI=1S/2C26H18.C15H12.C13H10.12C2H6.2Y/c1-5-13-22-18(9-1)17-19-10-2-6-14-23(19)26(22)24-15-7-3-11-20(24)21-12-4-8-16-25(21)26;1-3-13-22(14-4-1)26(23-15-5-2-6-16-23)24-17-9-7-11-20(24)19-21-12-8-10-18-25(21)26;1-11-14-8-4-2-6-12(14)10-13-7-3-5-9-15(11)13;1-3-7-12(8-4-1)11-13-9-5-2-6-10-13;12*1-2;;/h1-16H,17H2;1-13,15,17-18H,19H2;2-9H,1,10H2;1-7,9H,11H2;12*1-2H3;;/q;-2;;-2;;;;;;;;;;;;;;. The number of fused-ring (bicyclic) bond motifs is 13. The van der Waals surface area contributed by atoms with E-state index >= 15 is 0 Å². The minimum absolute atomic E-state index is 0. The molecule has 0 aliphatic heterocycles. The molecule has 12 aromatic carbocycles. The first-order chi connectivity index (χ1) is 51.6. The second-order valence-electron chi connectivity index (χ2n) is 21.0. The summed E-state index contributed by atoms with van der Waals surface area (Å²) in [5.41, 5.74) is 27.5. The topological polar surface area (TPSA) is 0 Å². The number of rotatable bonds is 4. The third kappa shape index (κ3) is 24.8. The molecule has 0 amide bonds. The molecule has 0 unspecified atom stereocenters. The van der Waals surface area contributed by atoms with Crippen LogP contribution in [-0.2, 0) is 102 Å². The SMILES string of the molecule is C=C1c2ccccc2Cc2ccccc21.CC.CC.CC.CC.CC.CC.CC.CC.CC.CC.CC.CC.[Y].[Y].[c-]1ccccc1C1(c2[c-]cccc2)c2ccccc2Cc2ccccc21.[c-]1ccccc1Cc1[c-]cccc1.c1ccc2c(c1)Cc1ccccc1C21c2ccccc2-c2ccccc21. The first-order valence-electron chi connectivity index (χ1n) is 39.9. The monoisotopic (exact) mass is 1560 g/mol. The van der Waals surface area contributed by atoms with Crippen molar-refractivity contribution in [2.45, 2.75) is 203 Å². The zero-order valence-corrected chi connectivity index (χ0v) is 75.6. The molecular formula is C104H130Y2-4. The molecule has 0 N–H and O–H groups in total. The molecule has 0 saturated heterocycles. The van der Waals surface area contributed by atoms with Gasteiger partial charge in [-0.1, -0.05) is 367 Å². The average Bonchev–Trinajstić information content (AvgIpc) is 1.45. The molecule has 0 nitrogen and oxygen atoms in total. The second kappa shape index (κ2) is 59.6. The van der Waals surface area contributed by atoms with Gasteiger partial charge in [0.15, 0.2) is 0 Å². The van der Waals surface area contributed by atoms with E-state index in [0.717, 1.165) is 31.3 Å². The molecular weight excluding hydrogens is 1430 g/mol. The van der Waals surface area contributed by atoms with E-state index in [2.05, 4.69) is 261 Å². The quantitative estimate of drug-likeness (QED) is 0.154. The second-order valence-corrected chi connectivity index (χ2v) is 21.0. The zero-order valence-electron chi connectivity index (χ0n) is 69.9. The molecule has 0 fully saturated rings. The molecule has 0 aromatic heterocycles. The molecule has 0 atom stereocenters. The molecule has 16 rings (SSSR count). The predicted octanol–water partition coefficient (Wildman–Crippen LogP) is 30.4. The van der Waals surface area contributed by atoms with E-state index in [0.29, 0.717) is 0 Å². The Labute approximate surface area is 700 Å². The first kappa shape index (κ1) is 101. The van der Waals surface area contributed by atoms with Crippen LogP contribution in [0.4, 0.5) is 0 Å². The summed E-state index contributed by atoms with van der Waals surface area (Å²) in [7, 11) is 0. The van der Waals surface area contributed by atoms with Gasteiger partial charge < -0.3 is 0 Å². The van der Waals surface area contributed by atoms with E-state index in [9.17, 15) is 0 Å². The van der Waals surface area contributed by atoms with Crippen molar-refractivity contribution >= 4 is 5.57 Å². The molecule has 1 spiro atoms. The van der Waals surface area contributed by atoms with E-state index in [1.807, 2.05) is 227 Å². The van der Waals surface area contributed by atoms with Crippen molar-refractivity contribution in [1.29, 1.82) is 0 Å². The Morgan fingerprint density at radius 2 is 0.443 bits per heavy atom. The van der Waals surface area contributed by atoms with Crippen LogP contribution in [0.5, 0.6) is 0 Å². The molecule has 0 bridgehead atoms. The van der Waals surface area contributed by atoms with Gasteiger partial charge in [0, 0.05) is 70.8 Å². The summed E-state index contributed by atoms with van der Waals surface area (Å²) in [5.74, 6) is 0. The van der Waals surface area contributed by atoms with Gasteiger partial charge in [-0.3, -0.25) is 0 Å². The van der Waals surface area contributed by atoms with Gasteiger partial charge in [-0.15, -0.1) is 11.1 Å². The normalized spacial score (nSPS) is 11.0. The molecule has 4 aliphatic rings. The minimum Gasteiger partial charge on any atom is -0.180 e. The van der Waals surface area contributed by atoms with Crippen molar-refractivity contribution in [2.24, 2.45) is 0 Å². The summed E-state index contributed by atoms with van der Waals surface area (Å²) in [5, 5.41) is 0. The predicted molar refractivity (Wildman–Crippen MR) is 465 cm³/mol. The van der Waals surface area contributed by atoms with Crippen LogP contribution in [0.15, 0.2) is 298 Å². The van der Waals surface area contributed by atoms with Gasteiger partial charge in [0.2, 0.25) is 0 Å². The van der Waals surface area contributed by atoms with Crippen LogP contribution in [0.25, 0.3) is 16.7 Å². The van der Waals surface area contributed by atoms with Crippen LogP contribution >= 0.6 is 0 Å². The van der Waals surface area contributed by atoms with Crippen molar-refractivity contribution < 1.29 is 65.4 Å². The summed E-state index contributed by atoms with van der Waals surface area (Å²) in [6.45, 7) is 52.2. The van der Waals surface area contributed by atoms with Gasteiger partial charge in [-0.05, 0) is 120 Å². The smallest absolute Gasteiger partial charge is 0.0719 e. The van der Waals surface area contributed by atoms with E-state index < -0.39 is 0 Å². The summed E-state index contributed by atoms with van der Waals surface area (Å²) in [4.78, 5) is 0. The van der Waals surface area contributed by atoms with Crippen LogP contribution in [0.2, 0.25) is 0 Å². The minimum atomic E-state index is -0.381. The third-order valence-corrected chi connectivity index (χ3v) is 16.6. The van der Waals surface area contributed by atoms with Gasteiger partial charge in [0.05, 0.1) is 5.41 Å². The van der Waals surface area contributed by atoms with Gasteiger partial charge in [-0.25, -0.2) is 0 Å². The summed E-state index contributed by atoms with van der Waals surface area (Å²) in [6, 6.07) is 117. The Hall–Kier alpha value is -7.41. The van der Waals surface area contributed by atoms with Crippen LogP contribution in [0, 0.1) is 24.3 Å². The Kier molecular flexibility index (Phi) is 56.6. The number of benzene rings is 12. The largest absolute Gasteiger partial charge is 0.180 e. The molecule has 2 heteroatoms. The van der Waals surface area contributed by atoms with Gasteiger partial charge >= 0.3 is 0 Å². The van der Waals surface area contributed by atoms with Crippen LogP contribution < -0.4 is 0 Å². The van der Waals surface area contributed by atoms with Crippen molar-refractivity contribution in [3.8, 4) is 11.1 Å². The number of hydrogen-bond donors (Lipinski definition) is 0. The Morgan fingerprint density at radius 3 is 0.717 bits per heavy atom. The molecule has 2 radical (unpaired) electrons. The van der Waals surface area contributed by atoms with Crippen LogP contribution in [0.3, 0.4) is 0 Å². The van der Waals surface area contributed by atoms with Gasteiger partial charge in [0.1, 0.15) is 0 Å². The average molecular weight is 1560 g/mol. The van der Waals surface area contributed by atoms with E-state index in [1.165, 1.54) is 111 Å². The maximum absolute atomic E-state index is 4.20. The zero-order chi connectivity index (χ0) is 77.7. The third-order valence-electron chi connectivity index (χ3n) is 16.6.